The fourth-order valence-electron chi connectivity index (χ4n) is 4.00. The highest BCUT2D eigenvalue weighted by Crippen LogP contribution is 2.35. The molecule has 0 aliphatic rings. The van der Waals surface area contributed by atoms with Gasteiger partial charge in [0.05, 0.1) is 12.2 Å². The summed E-state index contributed by atoms with van der Waals surface area (Å²) in [7, 11) is -4.25. The normalized spacial score (nSPS) is 12.0. The molecule has 0 aromatic heterocycles. The van der Waals surface area contributed by atoms with Crippen molar-refractivity contribution in [3.63, 3.8) is 0 Å². The van der Waals surface area contributed by atoms with E-state index in [-0.39, 0.29) is 6.61 Å². The van der Waals surface area contributed by atoms with Crippen molar-refractivity contribution < 1.29 is 24.0 Å². The van der Waals surface area contributed by atoms with Gasteiger partial charge in [-0.15, -0.1) is 0 Å². The Kier molecular flexibility index (Phi) is 27.8. The van der Waals surface area contributed by atoms with Crippen molar-refractivity contribution in [1.82, 2.24) is 0 Å². The van der Waals surface area contributed by atoms with E-state index < -0.39 is 13.4 Å². The maximum absolute atomic E-state index is 10.5. The quantitative estimate of drug-likeness (QED) is 0.0774. The van der Waals surface area contributed by atoms with Gasteiger partial charge in [0.15, 0.2) is 0 Å². The monoisotopic (exact) mass is 509 g/mol. The van der Waals surface area contributed by atoms with Gasteiger partial charge in [0.1, 0.15) is 0 Å². The van der Waals surface area contributed by atoms with E-state index in [1.165, 1.54) is 77.0 Å². The number of hydrogen-bond acceptors (Lipinski definition) is 4. The predicted octanol–water partition coefficient (Wildman–Crippen LogP) is 8.02. The van der Waals surface area contributed by atoms with Gasteiger partial charge in [0.2, 0.25) is 0 Å². The third kappa shape index (κ3) is 30.1. The lowest BCUT2D eigenvalue weighted by molar-refractivity contribution is 0.0273. The van der Waals surface area contributed by atoms with E-state index in [1.54, 1.807) is 0 Å². The summed E-state index contributed by atoms with van der Waals surface area (Å²) in [6, 6.07) is 0. The van der Waals surface area contributed by atoms with Gasteiger partial charge in [-0.05, 0) is 19.3 Å². The highest BCUT2D eigenvalue weighted by molar-refractivity contribution is 7.46. The Bertz CT molecular complexity index is 437. The minimum atomic E-state index is -4.25. The second-order valence-electron chi connectivity index (χ2n) is 9.91. The van der Waals surface area contributed by atoms with Crippen LogP contribution in [0.25, 0.3) is 0 Å². The van der Waals surface area contributed by atoms with Crippen molar-refractivity contribution in [3.8, 4) is 0 Å². The SMILES string of the molecule is CCCCC(O)(CN)CCCC.CCCCCCCCCCCCCCCCCOP(=O)(O)O. The highest BCUT2D eigenvalue weighted by Gasteiger charge is 2.22. The van der Waals surface area contributed by atoms with Crippen LogP contribution in [-0.4, -0.2) is 33.6 Å². The minimum absolute atomic E-state index is 0.169. The molecule has 0 amide bonds. The molecule has 208 valence electrons. The van der Waals surface area contributed by atoms with Crippen molar-refractivity contribution >= 4 is 7.82 Å². The Morgan fingerprint density at radius 1 is 0.618 bits per heavy atom. The Hall–Kier alpha value is 0.0300. The fraction of sp³-hybridized carbons (Fsp3) is 1.00. The maximum atomic E-state index is 10.5. The standard InChI is InChI=1S/C17H37O4P.C10H23NO/c1-2-3-4-5-6-7-8-9-10-11-12-13-14-15-16-17-21-22(18,19)20;1-3-5-7-10(12,9-11)8-6-4-2/h2-17H2,1H3,(H2,18,19,20);12H,3-9,11H2,1-2H3. The summed E-state index contributed by atoms with van der Waals surface area (Å²) in [4.78, 5) is 17.0. The number of phosphoric ester groups is 1. The molecule has 0 bridgehead atoms. The third-order valence-corrected chi connectivity index (χ3v) is 6.90. The molecule has 34 heavy (non-hydrogen) atoms. The van der Waals surface area contributed by atoms with Crippen molar-refractivity contribution in [2.75, 3.05) is 13.2 Å². The average molecular weight is 510 g/mol. The summed E-state index contributed by atoms with van der Waals surface area (Å²) >= 11 is 0. The Labute approximate surface area is 212 Å². The molecule has 0 aliphatic carbocycles. The zero-order valence-corrected chi connectivity index (χ0v) is 23.8. The van der Waals surface area contributed by atoms with Crippen LogP contribution in [0.15, 0.2) is 0 Å². The van der Waals surface area contributed by atoms with E-state index in [0.29, 0.717) is 6.54 Å². The molecule has 0 radical (unpaired) electrons. The van der Waals surface area contributed by atoms with E-state index >= 15 is 0 Å². The van der Waals surface area contributed by atoms with Crippen LogP contribution in [-0.2, 0) is 9.09 Å². The summed E-state index contributed by atoms with van der Waals surface area (Å²) in [5.74, 6) is 0. The van der Waals surface area contributed by atoms with Gasteiger partial charge in [-0.1, -0.05) is 136 Å². The van der Waals surface area contributed by atoms with Crippen LogP contribution >= 0.6 is 7.82 Å². The van der Waals surface area contributed by atoms with Gasteiger partial charge in [-0.3, -0.25) is 4.52 Å². The molecule has 0 aromatic carbocycles. The molecule has 0 atom stereocenters. The van der Waals surface area contributed by atoms with Gasteiger partial charge in [0, 0.05) is 6.54 Å². The molecule has 0 aromatic rings. The molecule has 7 heteroatoms. The molecule has 0 heterocycles. The molecular weight excluding hydrogens is 449 g/mol. The fourth-order valence-corrected chi connectivity index (χ4v) is 4.36. The summed E-state index contributed by atoms with van der Waals surface area (Å²) < 4.78 is 14.9. The van der Waals surface area contributed by atoms with Crippen LogP contribution in [0.5, 0.6) is 0 Å². The molecule has 0 fully saturated rings. The molecule has 0 rings (SSSR count). The lowest BCUT2D eigenvalue weighted by atomic mass is 9.91. The maximum Gasteiger partial charge on any atom is 0.469 e. The summed E-state index contributed by atoms with van der Waals surface area (Å²) in [5, 5.41) is 9.96. The smallest absolute Gasteiger partial charge is 0.389 e. The molecular formula is C27H60NO5P. The number of unbranched alkanes of at least 4 members (excludes halogenated alkanes) is 16. The first kappa shape index (κ1) is 36.2. The Balaban J connectivity index is 0. The van der Waals surface area contributed by atoms with E-state index in [0.717, 1.165) is 57.8 Å². The van der Waals surface area contributed by atoms with Crippen molar-refractivity contribution in [1.29, 1.82) is 0 Å². The lowest BCUT2D eigenvalue weighted by Crippen LogP contribution is -2.37. The summed E-state index contributed by atoms with van der Waals surface area (Å²) in [6.45, 7) is 7.11. The molecule has 6 nitrogen and oxygen atoms in total. The first-order chi connectivity index (χ1) is 16.2. The lowest BCUT2D eigenvalue weighted by Gasteiger charge is -2.26. The van der Waals surface area contributed by atoms with Gasteiger partial charge < -0.3 is 20.6 Å². The minimum Gasteiger partial charge on any atom is -0.389 e. The first-order valence-electron chi connectivity index (χ1n) is 14.4. The molecule has 0 aliphatic heterocycles. The van der Waals surface area contributed by atoms with Gasteiger partial charge in [-0.25, -0.2) is 4.57 Å². The van der Waals surface area contributed by atoms with Crippen LogP contribution in [0.4, 0.5) is 0 Å². The first-order valence-corrected chi connectivity index (χ1v) is 15.9. The molecule has 0 unspecified atom stereocenters. The van der Waals surface area contributed by atoms with Crippen LogP contribution in [0.2, 0.25) is 0 Å². The Morgan fingerprint density at radius 2 is 0.941 bits per heavy atom. The average Bonchev–Trinajstić information content (AvgIpc) is 2.81. The van der Waals surface area contributed by atoms with Crippen LogP contribution < -0.4 is 5.73 Å². The number of nitrogens with two attached hydrogens (primary N) is 1. The third-order valence-electron chi connectivity index (χ3n) is 6.38. The number of hydrogen-bond donors (Lipinski definition) is 4. The number of aliphatic hydroxyl groups is 1. The topological polar surface area (TPSA) is 113 Å². The van der Waals surface area contributed by atoms with E-state index in [4.69, 9.17) is 15.5 Å². The van der Waals surface area contributed by atoms with Gasteiger partial charge in [0.25, 0.3) is 0 Å². The van der Waals surface area contributed by atoms with Crippen molar-refractivity contribution in [3.05, 3.63) is 0 Å². The van der Waals surface area contributed by atoms with E-state index in [2.05, 4.69) is 25.3 Å². The highest BCUT2D eigenvalue weighted by atomic mass is 31.2. The second kappa shape index (κ2) is 26.1. The van der Waals surface area contributed by atoms with E-state index in [1.807, 2.05) is 0 Å². The molecule has 0 saturated carbocycles. The number of rotatable bonds is 24. The largest absolute Gasteiger partial charge is 0.469 e. The predicted molar refractivity (Wildman–Crippen MR) is 146 cm³/mol. The van der Waals surface area contributed by atoms with Crippen LogP contribution in [0.3, 0.4) is 0 Å². The van der Waals surface area contributed by atoms with Crippen molar-refractivity contribution in [2.24, 2.45) is 5.73 Å². The second-order valence-corrected chi connectivity index (χ2v) is 11.1. The number of phosphoric acid groups is 1. The summed E-state index contributed by atoms with van der Waals surface area (Å²) in [5.41, 5.74) is 4.96. The van der Waals surface area contributed by atoms with Crippen LogP contribution in [0, 0.1) is 0 Å². The zero-order chi connectivity index (χ0) is 26.0. The molecule has 5 N–H and O–H groups in total. The van der Waals surface area contributed by atoms with Gasteiger partial charge in [-0.2, -0.15) is 0 Å². The summed E-state index contributed by atoms with van der Waals surface area (Å²) in [6.07, 6.45) is 25.4. The zero-order valence-electron chi connectivity index (χ0n) is 22.9. The Morgan fingerprint density at radius 3 is 1.24 bits per heavy atom. The van der Waals surface area contributed by atoms with E-state index in [9.17, 15) is 9.67 Å². The van der Waals surface area contributed by atoms with Gasteiger partial charge >= 0.3 is 7.82 Å². The van der Waals surface area contributed by atoms with Crippen LogP contribution in [0.1, 0.15) is 156 Å². The molecule has 0 spiro atoms. The van der Waals surface area contributed by atoms with Crippen molar-refractivity contribution in [2.45, 2.75) is 161 Å². The molecule has 0 saturated heterocycles.